The summed E-state index contributed by atoms with van der Waals surface area (Å²) in [4.78, 5) is 12.5. The van der Waals surface area contributed by atoms with Gasteiger partial charge in [-0.25, -0.2) is 0 Å². The maximum absolute atomic E-state index is 13.5. The van der Waals surface area contributed by atoms with Gasteiger partial charge in [0, 0.05) is 38.3 Å². The van der Waals surface area contributed by atoms with Gasteiger partial charge >= 0.3 is 5.69 Å². The minimum Gasteiger partial charge on any atom is -0.314 e. The molecule has 0 aliphatic carbocycles. The summed E-state index contributed by atoms with van der Waals surface area (Å²) in [6, 6.07) is 4.27. The molecule has 1 saturated heterocycles. The molecule has 1 N–H and O–H groups in total. The number of nitro benzene ring substituents is 1. The van der Waals surface area contributed by atoms with E-state index in [1.165, 1.54) is 12.1 Å². The van der Waals surface area contributed by atoms with E-state index in [2.05, 4.69) is 16.8 Å². The van der Waals surface area contributed by atoms with Gasteiger partial charge in [-0.3, -0.25) is 15.0 Å². The number of rotatable bonds is 6. The number of allylic oxidation sites excluding steroid dienone is 1. The topological polar surface area (TPSA) is 58.4 Å². The molecule has 0 amide bonds. The number of benzene rings is 1. The first-order chi connectivity index (χ1) is 10.1. The highest BCUT2D eigenvalue weighted by Crippen LogP contribution is 2.30. The summed E-state index contributed by atoms with van der Waals surface area (Å²) in [5.41, 5.74) is 0.345. The fourth-order valence-corrected chi connectivity index (χ4v) is 2.71. The SMILES string of the molecule is C=CCC[C@H](c1ccc(F)c([N+](=O)[O-])c1)N1CCNCC1. The van der Waals surface area contributed by atoms with E-state index in [9.17, 15) is 14.5 Å². The van der Waals surface area contributed by atoms with Gasteiger partial charge in [-0.1, -0.05) is 12.1 Å². The molecule has 1 aliphatic rings. The van der Waals surface area contributed by atoms with Crippen molar-refractivity contribution in [2.75, 3.05) is 26.2 Å². The van der Waals surface area contributed by atoms with Crippen molar-refractivity contribution < 1.29 is 9.31 Å². The molecule has 0 saturated carbocycles. The molecule has 0 unspecified atom stereocenters. The van der Waals surface area contributed by atoms with Crippen LogP contribution in [0.1, 0.15) is 24.4 Å². The molecule has 0 spiro atoms. The average Bonchev–Trinajstić information content (AvgIpc) is 2.50. The fraction of sp³-hybridized carbons (Fsp3) is 0.467. The van der Waals surface area contributed by atoms with Crippen molar-refractivity contribution >= 4 is 5.69 Å². The molecule has 6 heteroatoms. The number of nitrogens with one attached hydrogen (secondary N) is 1. The smallest absolute Gasteiger partial charge is 0.305 e. The molecule has 0 radical (unpaired) electrons. The highest BCUT2D eigenvalue weighted by molar-refractivity contribution is 5.37. The maximum atomic E-state index is 13.5. The largest absolute Gasteiger partial charge is 0.314 e. The third-order valence-corrected chi connectivity index (χ3v) is 3.79. The van der Waals surface area contributed by atoms with Crippen molar-refractivity contribution in [2.24, 2.45) is 0 Å². The van der Waals surface area contributed by atoms with Crippen LogP contribution in [0.15, 0.2) is 30.9 Å². The van der Waals surface area contributed by atoms with E-state index in [0.717, 1.165) is 44.6 Å². The second-order valence-corrected chi connectivity index (χ2v) is 5.14. The number of hydrogen-bond donors (Lipinski definition) is 1. The fourth-order valence-electron chi connectivity index (χ4n) is 2.71. The molecular formula is C15H20FN3O2. The Kier molecular flexibility index (Phi) is 5.41. The number of piperazine rings is 1. The van der Waals surface area contributed by atoms with Crippen molar-refractivity contribution in [3.8, 4) is 0 Å². The number of nitro groups is 1. The summed E-state index contributed by atoms with van der Waals surface area (Å²) in [6.07, 6.45) is 3.49. The van der Waals surface area contributed by atoms with Crippen LogP contribution < -0.4 is 5.32 Å². The number of nitrogens with zero attached hydrogens (tertiary/aromatic N) is 2. The lowest BCUT2D eigenvalue weighted by molar-refractivity contribution is -0.387. The third kappa shape index (κ3) is 3.86. The summed E-state index contributed by atoms with van der Waals surface area (Å²) >= 11 is 0. The van der Waals surface area contributed by atoms with Crippen LogP contribution in [-0.2, 0) is 0 Å². The summed E-state index contributed by atoms with van der Waals surface area (Å²) in [5, 5.41) is 14.2. The average molecular weight is 293 g/mol. The van der Waals surface area contributed by atoms with E-state index in [-0.39, 0.29) is 6.04 Å². The Morgan fingerprint density at radius 2 is 2.19 bits per heavy atom. The van der Waals surface area contributed by atoms with Crippen LogP contribution in [0.4, 0.5) is 10.1 Å². The molecule has 1 aliphatic heterocycles. The first-order valence-electron chi connectivity index (χ1n) is 7.13. The van der Waals surface area contributed by atoms with E-state index < -0.39 is 16.4 Å². The van der Waals surface area contributed by atoms with Crippen molar-refractivity contribution in [2.45, 2.75) is 18.9 Å². The Balaban J connectivity index is 2.28. The Morgan fingerprint density at radius 1 is 1.48 bits per heavy atom. The number of halogens is 1. The van der Waals surface area contributed by atoms with E-state index in [4.69, 9.17) is 0 Å². The second-order valence-electron chi connectivity index (χ2n) is 5.14. The zero-order valence-electron chi connectivity index (χ0n) is 11.9. The van der Waals surface area contributed by atoms with E-state index >= 15 is 0 Å². The Labute approximate surface area is 123 Å². The van der Waals surface area contributed by atoms with Gasteiger partial charge in [0.25, 0.3) is 0 Å². The maximum Gasteiger partial charge on any atom is 0.305 e. The molecule has 1 aromatic rings. The minimum absolute atomic E-state index is 0.0596. The van der Waals surface area contributed by atoms with Gasteiger partial charge < -0.3 is 5.32 Å². The van der Waals surface area contributed by atoms with Gasteiger partial charge in [-0.05, 0) is 24.5 Å². The molecule has 5 nitrogen and oxygen atoms in total. The van der Waals surface area contributed by atoms with Crippen LogP contribution >= 0.6 is 0 Å². The molecule has 1 fully saturated rings. The van der Waals surface area contributed by atoms with Crippen LogP contribution in [0.2, 0.25) is 0 Å². The molecule has 0 aromatic heterocycles. The third-order valence-electron chi connectivity index (χ3n) is 3.79. The summed E-state index contributed by atoms with van der Waals surface area (Å²) in [5.74, 6) is -0.786. The van der Waals surface area contributed by atoms with E-state index in [1.54, 1.807) is 6.07 Å². The summed E-state index contributed by atoms with van der Waals surface area (Å²) in [7, 11) is 0. The van der Waals surface area contributed by atoms with Crippen LogP contribution in [0.25, 0.3) is 0 Å². The van der Waals surface area contributed by atoms with Crippen LogP contribution in [0.3, 0.4) is 0 Å². The highest BCUT2D eigenvalue weighted by Gasteiger charge is 2.24. The van der Waals surface area contributed by atoms with Crippen LogP contribution in [-0.4, -0.2) is 36.0 Å². The Bertz CT molecular complexity index is 516. The van der Waals surface area contributed by atoms with Gasteiger partial charge in [0.15, 0.2) is 0 Å². The van der Waals surface area contributed by atoms with Gasteiger partial charge in [0.05, 0.1) is 4.92 Å². The molecule has 1 atom stereocenters. The standard InChI is InChI=1S/C15H20FN3O2/c1-2-3-4-14(18-9-7-17-8-10-18)12-5-6-13(16)15(11-12)19(20)21/h2,5-6,11,14,17H,1,3-4,7-10H2/t14-/m1/s1. The van der Waals surface area contributed by atoms with E-state index in [1.807, 2.05) is 6.08 Å². The lowest BCUT2D eigenvalue weighted by atomic mass is 9.98. The molecule has 2 rings (SSSR count). The van der Waals surface area contributed by atoms with Gasteiger partial charge in [-0.15, -0.1) is 6.58 Å². The Morgan fingerprint density at radius 3 is 2.81 bits per heavy atom. The van der Waals surface area contributed by atoms with Crippen molar-refractivity contribution in [1.29, 1.82) is 0 Å². The molecule has 1 heterocycles. The van der Waals surface area contributed by atoms with Crippen molar-refractivity contribution in [1.82, 2.24) is 10.2 Å². The quantitative estimate of drug-likeness (QED) is 0.497. The first-order valence-corrected chi connectivity index (χ1v) is 7.13. The Hall–Kier alpha value is -1.79. The van der Waals surface area contributed by atoms with Gasteiger partial charge in [0.1, 0.15) is 0 Å². The van der Waals surface area contributed by atoms with Crippen molar-refractivity contribution in [3.63, 3.8) is 0 Å². The summed E-state index contributed by atoms with van der Waals surface area (Å²) in [6.45, 7) is 7.29. The van der Waals surface area contributed by atoms with Gasteiger partial charge in [0.2, 0.25) is 5.82 Å². The second kappa shape index (κ2) is 7.28. The minimum atomic E-state index is -0.786. The predicted molar refractivity (Wildman–Crippen MR) is 79.7 cm³/mol. The molecular weight excluding hydrogens is 273 g/mol. The van der Waals surface area contributed by atoms with Crippen molar-refractivity contribution in [3.05, 3.63) is 52.3 Å². The van der Waals surface area contributed by atoms with Crippen LogP contribution in [0.5, 0.6) is 0 Å². The number of hydrogen-bond acceptors (Lipinski definition) is 4. The first kappa shape index (κ1) is 15.6. The molecule has 0 bridgehead atoms. The van der Waals surface area contributed by atoms with Gasteiger partial charge in [-0.2, -0.15) is 4.39 Å². The zero-order valence-corrected chi connectivity index (χ0v) is 11.9. The lowest BCUT2D eigenvalue weighted by Gasteiger charge is -2.35. The van der Waals surface area contributed by atoms with E-state index in [0.29, 0.717) is 0 Å². The normalized spacial score (nSPS) is 17.4. The predicted octanol–water partition coefficient (Wildman–Crippen LogP) is 2.65. The highest BCUT2D eigenvalue weighted by atomic mass is 19.1. The molecule has 114 valence electrons. The molecule has 1 aromatic carbocycles. The zero-order chi connectivity index (χ0) is 15.2. The lowest BCUT2D eigenvalue weighted by Crippen LogP contribution is -2.45. The van der Waals surface area contributed by atoms with Crippen LogP contribution in [0, 0.1) is 15.9 Å². The monoisotopic (exact) mass is 293 g/mol. The molecule has 21 heavy (non-hydrogen) atoms. The summed E-state index contributed by atoms with van der Waals surface area (Å²) < 4.78 is 13.5.